The predicted octanol–water partition coefficient (Wildman–Crippen LogP) is 3.49. The molecule has 0 atom stereocenters. The standard InChI is InChI=1S/C19H17BN.Ir/c1-15-7-5-8-16(2)19(15)20-12-6-9-17(11-13-20)18-10-3-4-14-21-18;/h3-8,10-14H,1-2H3;/q-1;. The maximum Gasteiger partial charge on any atom is 0.165 e. The van der Waals surface area contributed by atoms with Crippen LogP contribution in [0.15, 0.2) is 66.7 Å². The maximum absolute atomic E-state index is 4.39. The molecule has 2 aromatic rings. The molecule has 1 aromatic carbocycles. The molecule has 1 aliphatic rings. The fraction of sp³-hybridized carbons (Fsp3) is 0.105. The molecule has 111 valence electrons. The smallest absolute Gasteiger partial charge is 0.165 e. The predicted molar refractivity (Wildman–Crippen MR) is 90.5 cm³/mol. The Hall–Kier alpha value is -1.70. The van der Waals surface area contributed by atoms with Crippen LogP contribution in [0.2, 0.25) is 0 Å². The van der Waals surface area contributed by atoms with Crippen LogP contribution in [0.3, 0.4) is 0 Å². The topological polar surface area (TPSA) is 12.9 Å². The van der Waals surface area contributed by atoms with Gasteiger partial charge in [-0.15, -0.1) is 17.7 Å². The van der Waals surface area contributed by atoms with Gasteiger partial charge in [-0.3, -0.25) is 0 Å². The molecule has 1 aliphatic heterocycles. The van der Waals surface area contributed by atoms with Crippen molar-refractivity contribution in [3.05, 3.63) is 89.6 Å². The third-order valence-corrected chi connectivity index (χ3v) is 3.83. The summed E-state index contributed by atoms with van der Waals surface area (Å²) in [6.07, 6.45) is 9.28. The first-order valence-corrected chi connectivity index (χ1v) is 7.21. The van der Waals surface area contributed by atoms with Gasteiger partial charge in [-0.05, 0) is 25.6 Å². The van der Waals surface area contributed by atoms with Crippen molar-refractivity contribution < 1.29 is 20.1 Å². The van der Waals surface area contributed by atoms with E-state index in [4.69, 9.17) is 0 Å². The first-order chi connectivity index (χ1) is 10.3. The molecule has 3 rings (SSSR count). The van der Waals surface area contributed by atoms with Gasteiger partial charge in [-0.1, -0.05) is 46.9 Å². The van der Waals surface area contributed by atoms with Gasteiger partial charge < -0.3 is 4.98 Å². The van der Waals surface area contributed by atoms with E-state index in [2.05, 4.69) is 61.1 Å². The molecule has 0 unspecified atom stereocenters. The van der Waals surface area contributed by atoms with Crippen molar-refractivity contribution in [1.82, 2.24) is 4.98 Å². The van der Waals surface area contributed by atoms with E-state index in [0.717, 1.165) is 11.3 Å². The number of benzene rings is 1. The number of pyridine rings is 1. The van der Waals surface area contributed by atoms with Crippen molar-refractivity contribution in [2.24, 2.45) is 0 Å². The van der Waals surface area contributed by atoms with E-state index in [1.807, 2.05) is 30.5 Å². The molecule has 1 radical (unpaired) electrons. The first kappa shape index (κ1) is 16.7. The van der Waals surface area contributed by atoms with E-state index in [0.29, 0.717) is 6.71 Å². The van der Waals surface area contributed by atoms with Gasteiger partial charge in [0, 0.05) is 26.3 Å². The molecule has 0 amide bonds. The van der Waals surface area contributed by atoms with Crippen LogP contribution in [0, 0.1) is 19.9 Å². The summed E-state index contributed by atoms with van der Waals surface area (Å²) < 4.78 is 0. The van der Waals surface area contributed by atoms with Crippen LogP contribution >= 0.6 is 0 Å². The molecule has 0 saturated carbocycles. The second kappa shape index (κ2) is 7.53. The monoisotopic (exact) mass is 463 g/mol. The van der Waals surface area contributed by atoms with Crippen LogP contribution in [0.25, 0.3) is 5.57 Å². The summed E-state index contributed by atoms with van der Waals surface area (Å²) >= 11 is 0. The molecule has 0 aliphatic carbocycles. The van der Waals surface area contributed by atoms with E-state index in [-0.39, 0.29) is 20.1 Å². The molecule has 0 spiro atoms. The SMILES string of the molecule is Cc1cccc(C)c1B1C=C[C-]=C(c2ccccn2)C=C1.[Ir]. The van der Waals surface area contributed by atoms with Gasteiger partial charge in [0.05, 0.1) is 0 Å². The second-order valence-electron chi connectivity index (χ2n) is 5.32. The van der Waals surface area contributed by atoms with E-state index in [1.54, 1.807) is 0 Å². The molecule has 0 N–H and O–H groups in total. The Morgan fingerprint density at radius 3 is 2.41 bits per heavy atom. The van der Waals surface area contributed by atoms with Crippen molar-refractivity contribution >= 4 is 17.7 Å². The number of rotatable bonds is 2. The van der Waals surface area contributed by atoms with E-state index >= 15 is 0 Å². The van der Waals surface area contributed by atoms with Crippen molar-refractivity contribution in [3.8, 4) is 0 Å². The third kappa shape index (κ3) is 3.55. The van der Waals surface area contributed by atoms with E-state index in [9.17, 15) is 0 Å². The number of allylic oxidation sites excluding steroid dienone is 4. The van der Waals surface area contributed by atoms with Crippen LogP contribution < -0.4 is 5.46 Å². The fourth-order valence-corrected chi connectivity index (χ4v) is 2.78. The molecule has 0 saturated heterocycles. The largest absolute Gasteiger partial charge is 0.305 e. The van der Waals surface area contributed by atoms with Gasteiger partial charge in [0.1, 0.15) is 0 Å². The summed E-state index contributed by atoms with van der Waals surface area (Å²) in [7, 11) is 0. The minimum absolute atomic E-state index is 0. The zero-order valence-corrected chi connectivity index (χ0v) is 15.1. The quantitative estimate of drug-likeness (QED) is 0.492. The summed E-state index contributed by atoms with van der Waals surface area (Å²) in [5.74, 6) is 4.43. The molecular weight excluding hydrogens is 445 g/mol. The van der Waals surface area contributed by atoms with Gasteiger partial charge in [0.2, 0.25) is 0 Å². The van der Waals surface area contributed by atoms with Crippen LogP contribution in [-0.4, -0.2) is 11.7 Å². The maximum atomic E-state index is 4.39. The van der Waals surface area contributed by atoms with E-state index in [1.165, 1.54) is 16.6 Å². The summed E-state index contributed by atoms with van der Waals surface area (Å²) in [4.78, 5) is 4.39. The van der Waals surface area contributed by atoms with Crippen molar-refractivity contribution in [2.45, 2.75) is 13.8 Å². The molecule has 0 bridgehead atoms. The molecule has 3 heteroatoms. The Morgan fingerprint density at radius 1 is 0.955 bits per heavy atom. The molecule has 1 aromatic heterocycles. The van der Waals surface area contributed by atoms with Gasteiger partial charge in [0.25, 0.3) is 0 Å². The van der Waals surface area contributed by atoms with Crippen LogP contribution in [0.4, 0.5) is 0 Å². The molecule has 22 heavy (non-hydrogen) atoms. The van der Waals surface area contributed by atoms with Crippen LogP contribution in [0.5, 0.6) is 0 Å². The minimum atomic E-state index is 0. The molecule has 1 nitrogen and oxygen atoms in total. The fourth-order valence-electron chi connectivity index (χ4n) is 2.78. The van der Waals surface area contributed by atoms with Crippen molar-refractivity contribution in [1.29, 1.82) is 0 Å². The molecular formula is C19H17BIrN-. The van der Waals surface area contributed by atoms with Gasteiger partial charge in [0.15, 0.2) is 6.71 Å². The first-order valence-electron chi connectivity index (χ1n) is 7.21. The Labute approximate surface area is 146 Å². The number of nitrogens with zero attached hydrogens (tertiary/aromatic N) is 1. The second-order valence-corrected chi connectivity index (χ2v) is 5.32. The normalized spacial score (nSPS) is 13.4. The zero-order valence-electron chi connectivity index (χ0n) is 12.7. The molecule has 2 heterocycles. The number of hydrogen-bond acceptors (Lipinski definition) is 1. The zero-order chi connectivity index (χ0) is 14.7. The van der Waals surface area contributed by atoms with Crippen molar-refractivity contribution in [2.75, 3.05) is 0 Å². The Bertz CT molecular complexity index is 712. The number of hydrogen-bond donors (Lipinski definition) is 0. The summed E-state index contributed by atoms with van der Waals surface area (Å²) in [6, 6.07) is 12.4. The van der Waals surface area contributed by atoms with Crippen molar-refractivity contribution in [3.63, 3.8) is 0 Å². The number of aryl methyl sites for hydroxylation is 2. The van der Waals surface area contributed by atoms with Gasteiger partial charge in [-0.2, -0.15) is 18.0 Å². The minimum Gasteiger partial charge on any atom is -0.305 e. The average molecular weight is 462 g/mol. The Balaban J connectivity index is 0.00000176. The van der Waals surface area contributed by atoms with Crippen LogP contribution in [0.1, 0.15) is 16.8 Å². The van der Waals surface area contributed by atoms with Gasteiger partial charge in [-0.25, -0.2) is 0 Å². The Morgan fingerprint density at radius 2 is 1.73 bits per heavy atom. The van der Waals surface area contributed by atoms with E-state index < -0.39 is 0 Å². The number of aromatic nitrogens is 1. The molecule has 0 fully saturated rings. The summed E-state index contributed by atoms with van der Waals surface area (Å²) in [5.41, 5.74) is 6.03. The van der Waals surface area contributed by atoms with Crippen LogP contribution in [-0.2, 0) is 20.1 Å². The summed E-state index contributed by atoms with van der Waals surface area (Å²) in [6.45, 7) is 4.64. The average Bonchev–Trinajstić information content (AvgIpc) is 2.74. The Kier molecular flexibility index (Phi) is 5.71. The van der Waals surface area contributed by atoms with Gasteiger partial charge >= 0.3 is 0 Å². The summed E-state index contributed by atoms with van der Waals surface area (Å²) in [5, 5.41) is 0. The third-order valence-electron chi connectivity index (χ3n) is 3.83.